The lowest BCUT2D eigenvalue weighted by Crippen LogP contribution is -2.22. The molecule has 11 heteroatoms. The van der Waals surface area contributed by atoms with Crippen LogP contribution >= 0.6 is 24.0 Å². The van der Waals surface area contributed by atoms with Gasteiger partial charge in [0, 0.05) is 18.7 Å². The summed E-state index contributed by atoms with van der Waals surface area (Å²) in [6.45, 7) is 0. The van der Waals surface area contributed by atoms with Gasteiger partial charge < -0.3 is 4.18 Å². The van der Waals surface area contributed by atoms with E-state index in [1.165, 1.54) is 29.2 Å². The van der Waals surface area contributed by atoms with E-state index in [0.717, 1.165) is 23.9 Å². The number of benzene rings is 2. The predicted molar refractivity (Wildman–Crippen MR) is 108 cm³/mol. The summed E-state index contributed by atoms with van der Waals surface area (Å²) in [6, 6.07) is 11.0. The van der Waals surface area contributed by atoms with Crippen LogP contribution in [0.3, 0.4) is 0 Å². The van der Waals surface area contributed by atoms with Crippen molar-refractivity contribution in [2.45, 2.75) is 4.90 Å². The number of rotatable bonds is 5. The Labute approximate surface area is 170 Å². The van der Waals surface area contributed by atoms with Crippen molar-refractivity contribution in [1.82, 2.24) is 4.90 Å². The van der Waals surface area contributed by atoms with E-state index < -0.39 is 25.6 Å². The average Bonchev–Trinajstić information content (AvgIpc) is 2.90. The lowest BCUT2D eigenvalue weighted by molar-refractivity contribution is -0.387. The lowest BCUT2D eigenvalue weighted by atomic mass is 10.2. The molecule has 8 nitrogen and oxygen atoms in total. The highest BCUT2D eigenvalue weighted by Gasteiger charge is 2.30. The van der Waals surface area contributed by atoms with Crippen molar-refractivity contribution in [3.63, 3.8) is 0 Å². The van der Waals surface area contributed by atoms with Gasteiger partial charge in [-0.2, -0.15) is 8.42 Å². The normalized spacial score (nSPS) is 15.9. The van der Waals surface area contributed by atoms with E-state index >= 15 is 0 Å². The minimum absolute atomic E-state index is 0.0676. The fraction of sp³-hybridized carbons (Fsp3) is 0.0588. The number of amides is 1. The summed E-state index contributed by atoms with van der Waals surface area (Å²) >= 11 is 6.15. The van der Waals surface area contributed by atoms with Gasteiger partial charge in [0.05, 0.1) is 9.83 Å². The first-order valence-corrected chi connectivity index (χ1v) is 10.3. The number of hydrogen-bond donors (Lipinski definition) is 0. The van der Waals surface area contributed by atoms with Crippen LogP contribution < -0.4 is 4.18 Å². The van der Waals surface area contributed by atoms with Crippen LogP contribution in [0.2, 0.25) is 0 Å². The fourth-order valence-electron chi connectivity index (χ4n) is 2.34. The quantitative estimate of drug-likeness (QED) is 0.231. The Bertz CT molecular complexity index is 1130. The molecule has 2 aromatic rings. The summed E-state index contributed by atoms with van der Waals surface area (Å²) in [6.07, 6.45) is 1.47. The van der Waals surface area contributed by atoms with E-state index in [-0.39, 0.29) is 11.7 Å². The zero-order valence-electron chi connectivity index (χ0n) is 14.3. The van der Waals surface area contributed by atoms with Gasteiger partial charge in [-0.15, -0.1) is 0 Å². The van der Waals surface area contributed by atoms with Crippen molar-refractivity contribution >= 4 is 56.1 Å². The summed E-state index contributed by atoms with van der Waals surface area (Å²) in [7, 11) is -2.94. The van der Waals surface area contributed by atoms with Crippen LogP contribution in [0.25, 0.3) is 6.08 Å². The highest BCUT2D eigenvalue weighted by molar-refractivity contribution is 8.26. The van der Waals surface area contributed by atoms with Crippen molar-refractivity contribution < 1.29 is 22.3 Å². The number of thioether (sulfide) groups is 1. The zero-order chi connectivity index (χ0) is 20.5. The Morgan fingerprint density at radius 3 is 2.46 bits per heavy atom. The van der Waals surface area contributed by atoms with Gasteiger partial charge in [0.1, 0.15) is 10.1 Å². The monoisotopic (exact) mass is 436 g/mol. The molecule has 0 radical (unpaired) electrons. The van der Waals surface area contributed by atoms with Crippen molar-refractivity contribution in [3.05, 3.63) is 69.1 Å². The summed E-state index contributed by atoms with van der Waals surface area (Å²) in [5.41, 5.74) is -0.273. The molecule has 1 aliphatic rings. The molecule has 0 spiro atoms. The molecule has 3 rings (SSSR count). The Balaban J connectivity index is 2.00. The number of nitro groups is 1. The number of likely N-dealkylation sites (N-methyl/N-ethyl adjacent to an activating group) is 1. The molecule has 0 aliphatic carbocycles. The first kappa shape index (κ1) is 20.0. The molecule has 28 heavy (non-hydrogen) atoms. The van der Waals surface area contributed by atoms with Crippen LogP contribution in [-0.4, -0.2) is 35.5 Å². The Morgan fingerprint density at radius 1 is 1.18 bits per heavy atom. The minimum Gasteiger partial charge on any atom is -0.378 e. The predicted octanol–water partition coefficient (Wildman–Crippen LogP) is 3.19. The van der Waals surface area contributed by atoms with Gasteiger partial charge in [0.2, 0.25) is 0 Å². The number of carbonyl (C=O) groups excluding carboxylic acids is 1. The zero-order valence-corrected chi connectivity index (χ0v) is 16.7. The molecule has 1 amide bonds. The maximum Gasteiger partial charge on any atom is 0.346 e. The number of carbonyl (C=O) groups is 1. The SMILES string of the molecule is CN1C(=O)C(=Cc2ccccc2OS(=O)(=O)c2ccccc2[N+](=O)[O-])SC1=S. The Kier molecular flexibility index (Phi) is 5.49. The molecule has 1 aliphatic heterocycles. The third kappa shape index (κ3) is 3.91. The average molecular weight is 436 g/mol. The van der Waals surface area contributed by atoms with Gasteiger partial charge in [0.15, 0.2) is 4.90 Å². The second-order valence-corrected chi connectivity index (χ2v) is 8.73. The second kappa shape index (κ2) is 7.70. The molecule has 0 bridgehead atoms. The van der Waals surface area contributed by atoms with E-state index in [1.807, 2.05) is 0 Å². The van der Waals surface area contributed by atoms with Gasteiger partial charge in [-0.05, 0) is 18.2 Å². The van der Waals surface area contributed by atoms with Gasteiger partial charge in [-0.1, -0.05) is 54.3 Å². The smallest absolute Gasteiger partial charge is 0.346 e. The van der Waals surface area contributed by atoms with Crippen LogP contribution in [0.4, 0.5) is 5.69 Å². The van der Waals surface area contributed by atoms with Crippen LogP contribution in [0, 0.1) is 10.1 Å². The molecular formula is C17H12N2O6S3. The highest BCUT2D eigenvalue weighted by atomic mass is 32.2. The van der Waals surface area contributed by atoms with Gasteiger partial charge in [-0.25, -0.2) is 0 Å². The first-order valence-electron chi connectivity index (χ1n) is 7.69. The summed E-state index contributed by atoms with van der Waals surface area (Å²) in [5.74, 6) is -0.381. The molecule has 1 fully saturated rings. The second-order valence-electron chi connectivity index (χ2n) is 5.54. The number of nitro benzene ring substituents is 1. The van der Waals surface area contributed by atoms with E-state index in [0.29, 0.717) is 14.8 Å². The van der Waals surface area contributed by atoms with Crippen LogP contribution in [0.15, 0.2) is 58.3 Å². The third-order valence-electron chi connectivity index (χ3n) is 3.72. The van der Waals surface area contributed by atoms with Crippen LogP contribution in [0.5, 0.6) is 5.75 Å². The maximum absolute atomic E-state index is 12.6. The Morgan fingerprint density at radius 2 is 1.82 bits per heavy atom. The van der Waals surface area contributed by atoms with Crippen molar-refractivity contribution in [2.75, 3.05) is 7.05 Å². The van der Waals surface area contributed by atoms with E-state index in [2.05, 4.69) is 0 Å². The van der Waals surface area contributed by atoms with Crippen LogP contribution in [-0.2, 0) is 14.9 Å². The molecule has 0 unspecified atom stereocenters. The van der Waals surface area contributed by atoms with Gasteiger partial charge >= 0.3 is 10.1 Å². The van der Waals surface area contributed by atoms with Crippen molar-refractivity contribution in [1.29, 1.82) is 0 Å². The molecule has 1 saturated heterocycles. The molecule has 144 valence electrons. The summed E-state index contributed by atoms with van der Waals surface area (Å²) in [4.78, 5) is 23.6. The van der Waals surface area contributed by atoms with Gasteiger partial charge in [-0.3, -0.25) is 19.8 Å². The van der Waals surface area contributed by atoms with E-state index in [4.69, 9.17) is 16.4 Å². The van der Waals surface area contributed by atoms with Gasteiger partial charge in [0.25, 0.3) is 11.6 Å². The lowest BCUT2D eigenvalue weighted by Gasteiger charge is -2.10. The van der Waals surface area contributed by atoms with Crippen LogP contribution in [0.1, 0.15) is 5.56 Å². The van der Waals surface area contributed by atoms with Crippen molar-refractivity contribution in [3.8, 4) is 5.75 Å². The third-order valence-corrected chi connectivity index (χ3v) is 6.49. The molecule has 0 atom stereocenters. The Hall–Kier alpha value is -2.76. The number of nitrogens with zero attached hydrogens (tertiary/aromatic N) is 2. The molecule has 0 N–H and O–H groups in total. The summed E-state index contributed by atoms with van der Waals surface area (Å²) < 4.78 is 30.8. The first-order chi connectivity index (χ1) is 13.2. The molecule has 0 saturated carbocycles. The summed E-state index contributed by atoms with van der Waals surface area (Å²) in [5, 5.41) is 11.1. The molecule has 2 aromatic carbocycles. The van der Waals surface area contributed by atoms with E-state index in [9.17, 15) is 23.3 Å². The molecule has 1 heterocycles. The molecule has 0 aromatic heterocycles. The fourth-order valence-corrected chi connectivity index (χ4v) is 4.64. The standard InChI is InChI=1S/C17H12N2O6S3/c1-18-16(20)14(27-17(18)26)10-11-6-2-4-8-13(11)25-28(23,24)15-9-5-3-7-12(15)19(21)22/h2-10H,1H3. The number of hydrogen-bond acceptors (Lipinski definition) is 8. The van der Waals surface area contributed by atoms with E-state index in [1.54, 1.807) is 25.2 Å². The largest absolute Gasteiger partial charge is 0.378 e. The van der Waals surface area contributed by atoms with Crippen molar-refractivity contribution in [2.24, 2.45) is 0 Å². The number of para-hydroxylation sites is 2. The topological polar surface area (TPSA) is 107 Å². The maximum atomic E-state index is 12.6. The number of thiocarbonyl (C=S) groups is 1. The highest BCUT2D eigenvalue weighted by Crippen LogP contribution is 2.34. The minimum atomic E-state index is -4.48. The molecular weight excluding hydrogens is 424 g/mol.